The topological polar surface area (TPSA) is 71.9 Å². The van der Waals surface area contributed by atoms with E-state index in [0.717, 1.165) is 46.4 Å². The zero-order valence-corrected chi connectivity index (χ0v) is 23.5. The van der Waals surface area contributed by atoms with Crippen LogP contribution < -0.4 is 9.47 Å². The highest BCUT2D eigenvalue weighted by atomic mass is 19.1. The van der Waals surface area contributed by atoms with Gasteiger partial charge in [-0.25, -0.2) is 9.37 Å². The molecule has 1 saturated carbocycles. The third-order valence-electron chi connectivity index (χ3n) is 7.40. The number of carbonyl (C=O) groups is 1. The third kappa shape index (κ3) is 7.15. The molecular weight excluding hydrogens is 495 g/mol. The molecule has 3 atom stereocenters. The number of halogens is 1. The Morgan fingerprint density at radius 1 is 1.13 bits per heavy atom. The van der Waals surface area contributed by atoms with Gasteiger partial charge >= 0.3 is 5.97 Å². The summed E-state index contributed by atoms with van der Waals surface area (Å²) in [5.74, 6) is -0.506. The number of aromatic nitrogens is 1. The Bertz CT molecular complexity index is 1300. The second kappa shape index (κ2) is 12.6. The van der Waals surface area contributed by atoms with Crippen molar-refractivity contribution >= 4 is 5.97 Å². The minimum atomic E-state index is -0.808. The molecule has 1 aromatic heterocycles. The van der Waals surface area contributed by atoms with Gasteiger partial charge in [0.1, 0.15) is 17.7 Å². The van der Waals surface area contributed by atoms with E-state index in [0.29, 0.717) is 17.9 Å². The third-order valence-corrected chi connectivity index (χ3v) is 7.40. The smallest absolute Gasteiger partial charge is 0.306 e. The van der Waals surface area contributed by atoms with E-state index in [9.17, 15) is 14.3 Å². The summed E-state index contributed by atoms with van der Waals surface area (Å²) in [7, 11) is 5.51. The molecule has 2 heterocycles. The number of ether oxygens (including phenoxy) is 2. The van der Waals surface area contributed by atoms with Crippen molar-refractivity contribution in [1.82, 2.24) is 9.88 Å². The van der Waals surface area contributed by atoms with Crippen molar-refractivity contribution in [3.05, 3.63) is 76.7 Å². The number of aliphatic carboxylic acids is 1. The molecule has 6 nitrogen and oxygen atoms in total. The number of nitrogens with zero attached hydrogens (tertiary/aromatic N) is 2. The van der Waals surface area contributed by atoms with E-state index in [1.54, 1.807) is 13.0 Å². The summed E-state index contributed by atoms with van der Waals surface area (Å²) in [6, 6.07) is 13.7. The highest BCUT2D eigenvalue weighted by molar-refractivity contribution is 5.70. The SMILES string of the molecule is C1CC1.COc1cc(-c2ccc(C3CCc4ccc(CC(C)C(=O)O)cc4O3)cc2C(C)N(C)C)c(F)cn1. The molecule has 7 heteroatoms. The van der Waals surface area contributed by atoms with Gasteiger partial charge in [-0.15, -0.1) is 0 Å². The molecular formula is C32H39FN2O4. The average Bonchev–Trinajstić information content (AvgIpc) is 3.82. The van der Waals surface area contributed by atoms with Gasteiger partial charge in [-0.05, 0) is 80.2 Å². The van der Waals surface area contributed by atoms with Gasteiger partial charge < -0.3 is 19.5 Å². The number of carboxylic acids is 1. The molecule has 0 saturated heterocycles. The minimum absolute atomic E-state index is 0.0264. The van der Waals surface area contributed by atoms with E-state index in [-0.39, 0.29) is 12.1 Å². The summed E-state index contributed by atoms with van der Waals surface area (Å²) in [5.41, 5.74) is 5.33. The summed E-state index contributed by atoms with van der Waals surface area (Å²) < 4.78 is 26.5. The van der Waals surface area contributed by atoms with E-state index in [4.69, 9.17) is 9.47 Å². The number of hydrogen-bond acceptors (Lipinski definition) is 5. The molecule has 0 radical (unpaired) electrons. The highest BCUT2D eigenvalue weighted by Gasteiger charge is 2.25. The second-order valence-corrected chi connectivity index (χ2v) is 10.8. The predicted octanol–water partition coefficient (Wildman–Crippen LogP) is 7.02. The Balaban J connectivity index is 0.00000110. The largest absolute Gasteiger partial charge is 0.485 e. The number of aryl methyl sites for hydroxylation is 1. The quantitative estimate of drug-likeness (QED) is 0.335. The Morgan fingerprint density at radius 2 is 1.87 bits per heavy atom. The first-order valence-electron chi connectivity index (χ1n) is 13.7. The lowest BCUT2D eigenvalue weighted by molar-refractivity contribution is -0.141. The van der Waals surface area contributed by atoms with Gasteiger partial charge in [0.25, 0.3) is 0 Å². The van der Waals surface area contributed by atoms with Crippen molar-refractivity contribution in [2.45, 2.75) is 64.5 Å². The Hall–Kier alpha value is -3.45. The van der Waals surface area contributed by atoms with Crippen LogP contribution in [0.2, 0.25) is 0 Å². The normalized spacial score (nSPS) is 17.3. The van der Waals surface area contributed by atoms with Crippen molar-refractivity contribution in [2.75, 3.05) is 21.2 Å². The number of carboxylic acid groups (broad SMARTS) is 1. The monoisotopic (exact) mass is 534 g/mol. The summed E-state index contributed by atoms with van der Waals surface area (Å²) >= 11 is 0. The first-order chi connectivity index (χ1) is 18.7. The van der Waals surface area contributed by atoms with Gasteiger partial charge in [0, 0.05) is 17.7 Å². The van der Waals surface area contributed by atoms with Gasteiger partial charge in [-0.1, -0.05) is 50.5 Å². The number of rotatable bonds is 8. The van der Waals surface area contributed by atoms with Crippen molar-refractivity contribution in [3.8, 4) is 22.8 Å². The number of methoxy groups -OCH3 is 1. The van der Waals surface area contributed by atoms with Crippen LogP contribution in [-0.2, 0) is 17.6 Å². The van der Waals surface area contributed by atoms with E-state index in [2.05, 4.69) is 22.9 Å². The van der Waals surface area contributed by atoms with Crippen LogP contribution in [0.3, 0.4) is 0 Å². The molecule has 0 spiro atoms. The van der Waals surface area contributed by atoms with Gasteiger partial charge in [-0.2, -0.15) is 0 Å². The molecule has 5 rings (SSSR count). The predicted molar refractivity (Wildman–Crippen MR) is 151 cm³/mol. The van der Waals surface area contributed by atoms with Crippen molar-refractivity contribution < 1.29 is 23.8 Å². The first kappa shape index (κ1) is 28.6. The molecule has 0 amide bonds. The van der Waals surface area contributed by atoms with E-state index >= 15 is 0 Å². The zero-order valence-electron chi connectivity index (χ0n) is 23.5. The molecule has 1 aliphatic heterocycles. The van der Waals surface area contributed by atoms with Gasteiger partial charge in [0.15, 0.2) is 0 Å². The van der Waals surface area contributed by atoms with Crippen LogP contribution in [0.15, 0.2) is 48.7 Å². The maximum Gasteiger partial charge on any atom is 0.306 e. The Morgan fingerprint density at radius 3 is 2.51 bits per heavy atom. The van der Waals surface area contributed by atoms with Crippen LogP contribution in [0.25, 0.3) is 11.1 Å². The lowest BCUT2D eigenvalue weighted by Crippen LogP contribution is -2.20. The molecule has 1 fully saturated rings. The van der Waals surface area contributed by atoms with E-state index in [1.165, 1.54) is 32.6 Å². The molecule has 1 aliphatic carbocycles. The van der Waals surface area contributed by atoms with Crippen LogP contribution in [-0.4, -0.2) is 42.2 Å². The van der Waals surface area contributed by atoms with Gasteiger partial charge in [-0.3, -0.25) is 4.79 Å². The van der Waals surface area contributed by atoms with Gasteiger partial charge in [0.2, 0.25) is 5.88 Å². The van der Waals surface area contributed by atoms with Crippen molar-refractivity contribution in [3.63, 3.8) is 0 Å². The number of fused-ring (bicyclic) bond motifs is 1. The van der Waals surface area contributed by atoms with Crippen LogP contribution >= 0.6 is 0 Å². The molecule has 0 bridgehead atoms. The summed E-state index contributed by atoms with van der Waals surface area (Å²) in [6.45, 7) is 3.80. The summed E-state index contributed by atoms with van der Waals surface area (Å²) in [5, 5.41) is 9.26. The fourth-order valence-electron chi connectivity index (χ4n) is 4.60. The minimum Gasteiger partial charge on any atom is -0.485 e. The van der Waals surface area contributed by atoms with E-state index in [1.807, 2.05) is 44.4 Å². The molecule has 208 valence electrons. The zero-order chi connectivity index (χ0) is 28.1. The molecule has 1 N–H and O–H groups in total. The lowest BCUT2D eigenvalue weighted by Gasteiger charge is -2.29. The highest BCUT2D eigenvalue weighted by Crippen LogP contribution is 2.39. The molecule has 39 heavy (non-hydrogen) atoms. The lowest BCUT2D eigenvalue weighted by atomic mass is 9.89. The summed E-state index contributed by atoms with van der Waals surface area (Å²) in [4.78, 5) is 17.4. The molecule has 3 unspecified atom stereocenters. The average molecular weight is 535 g/mol. The molecule has 2 aliphatic rings. The molecule has 2 aromatic carbocycles. The fourth-order valence-corrected chi connectivity index (χ4v) is 4.60. The number of pyridine rings is 1. The van der Waals surface area contributed by atoms with Crippen LogP contribution in [0.1, 0.15) is 73.9 Å². The van der Waals surface area contributed by atoms with Crippen LogP contribution in [0, 0.1) is 11.7 Å². The second-order valence-electron chi connectivity index (χ2n) is 10.8. The van der Waals surface area contributed by atoms with Crippen molar-refractivity contribution in [1.29, 1.82) is 0 Å². The summed E-state index contributed by atoms with van der Waals surface area (Å²) in [6.07, 6.45) is 7.69. The number of benzene rings is 2. The molecule has 3 aromatic rings. The maximum absolute atomic E-state index is 14.8. The maximum atomic E-state index is 14.8. The van der Waals surface area contributed by atoms with Crippen LogP contribution in [0.5, 0.6) is 11.6 Å². The standard InChI is InChI=1S/C29H33FN2O4.C3H6/c1-17(29(33)34)12-19-6-7-20-9-11-26(36-27(20)13-19)21-8-10-22(23(14-21)18(2)32(3)4)24-15-28(35-5)31-16-25(24)30;1-2-3-1/h6-8,10,13-18,26H,9,11-12H2,1-5H3,(H,33,34);1-3H2. The van der Waals surface area contributed by atoms with Crippen LogP contribution in [0.4, 0.5) is 4.39 Å². The Kier molecular flexibility index (Phi) is 9.23. The van der Waals surface area contributed by atoms with Gasteiger partial charge in [0.05, 0.1) is 19.2 Å². The fraction of sp³-hybridized carbons (Fsp3) is 0.438. The first-order valence-corrected chi connectivity index (χ1v) is 13.7. The van der Waals surface area contributed by atoms with E-state index < -0.39 is 17.7 Å². The van der Waals surface area contributed by atoms with Crippen molar-refractivity contribution in [2.24, 2.45) is 5.92 Å². The Labute approximate surface area is 230 Å². The number of hydrogen-bond donors (Lipinski definition) is 1.